The third-order valence-corrected chi connectivity index (χ3v) is 8.99. The summed E-state index contributed by atoms with van der Waals surface area (Å²) < 4.78 is 16.5. The predicted octanol–water partition coefficient (Wildman–Crippen LogP) is 6.97. The quantitative estimate of drug-likeness (QED) is 0.159. The fourth-order valence-corrected chi connectivity index (χ4v) is 5.30. The van der Waals surface area contributed by atoms with E-state index in [4.69, 9.17) is 24.9 Å². The lowest BCUT2D eigenvalue weighted by Crippen LogP contribution is -2.43. The van der Waals surface area contributed by atoms with Crippen molar-refractivity contribution < 1.29 is 13.3 Å². The van der Waals surface area contributed by atoms with Crippen molar-refractivity contribution in [1.82, 2.24) is 6.15 Å². The van der Waals surface area contributed by atoms with Crippen LogP contribution in [0.1, 0.15) is 91.4 Å². The van der Waals surface area contributed by atoms with Crippen molar-refractivity contribution in [2.75, 3.05) is 21.3 Å². The lowest BCUT2D eigenvalue weighted by molar-refractivity contribution is 0.122. The molecule has 0 aromatic heterocycles. The van der Waals surface area contributed by atoms with Gasteiger partial charge in [-0.2, -0.15) is 0 Å². The van der Waals surface area contributed by atoms with Crippen molar-refractivity contribution in [1.29, 1.82) is 0 Å². The van der Waals surface area contributed by atoms with E-state index in [0.717, 1.165) is 18.9 Å². The Kier molecular flexibility index (Phi) is 17.9. The van der Waals surface area contributed by atoms with Crippen LogP contribution in [0.4, 0.5) is 0 Å². The first kappa shape index (κ1) is 28.6. The van der Waals surface area contributed by atoms with Crippen LogP contribution in [0, 0.1) is 5.92 Å². The molecule has 160 valence electrons. The topological polar surface area (TPSA) is 62.7 Å². The van der Waals surface area contributed by atoms with Crippen LogP contribution in [0.3, 0.4) is 0 Å². The Bertz CT molecular complexity index is 307. The number of alkyl halides is 1. The van der Waals surface area contributed by atoms with Gasteiger partial charge in [0.25, 0.3) is 0 Å². The average molecular weight is 412 g/mol. The van der Waals surface area contributed by atoms with Gasteiger partial charge >= 0.3 is 8.80 Å². The Labute approximate surface area is 169 Å². The minimum Gasteiger partial charge on any atom is -0.377 e. The molecule has 0 heterocycles. The normalized spacial score (nSPS) is 15.3. The number of hydrogen-bond acceptors (Lipinski definition) is 4. The lowest BCUT2D eigenvalue weighted by atomic mass is 9.86. The van der Waals surface area contributed by atoms with Crippen molar-refractivity contribution >= 4 is 20.4 Å². The van der Waals surface area contributed by atoms with E-state index in [-0.39, 0.29) is 11.0 Å². The molecule has 0 aliphatic rings. The van der Waals surface area contributed by atoms with Crippen LogP contribution in [-0.4, -0.2) is 35.0 Å². The molecular weight excluding hydrogens is 366 g/mol. The summed E-state index contributed by atoms with van der Waals surface area (Å²) in [5.74, 6) is 0.526. The van der Waals surface area contributed by atoms with Gasteiger partial charge in [0, 0.05) is 32.2 Å². The van der Waals surface area contributed by atoms with E-state index in [1.165, 1.54) is 57.8 Å². The highest BCUT2D eigenvalue weighted by Crippen LogP contribution is 2.35. The van der Waals surface area contributed by atoms with E-state index in [0.29, 0.717) is 5.92 Å². The van der Waals surface area contributed by atoms with Crippen LogP contribution in [0.2, 0.25) is 6.04 Å². The van der Waals surface area contributed by atoms with Gasteiger partial charge in [0.1, 0.15) is 0 Å². The van der Waals surface area contributed by atoms with Crippen LogP contribution in [-0.2, 0) is 13.3 Å². The average Bonchev–Trinajstić information content (AvgIpc) is 2.61. The highest BCUT2D eigenvalue weighted by Gasteiger charge is 2.38. The molecule has 0 radical (unpaired) electrons. The van der Waals surface area contributed by atoms with Gasteiger partial charge in [-0.05, 0) is 32.1 Å². The highest BCUT2D eigenvalue weighted by molar-refractivity contribution is 6.60. The Morgan fingerprint density at radius 2 is 1.31 bits per heavy atom. The number of hydrogen-bond donors (Lipinski definition) is 1. The van der Waals surface area contributed by atoms with Crippen molar-refractivity contribution in [2.24, 2.45) is 5.92 Å². The van der Waals surface area contributed by atoms with Crippen LogP contribution in [0.15, 0.2) is 0 Å². The third kappa shape index (κ3) is 11.9. The summed E-state index contributed by atoms with van der Waals surface area (Å²) in [6.45, 7) is 6.74. The molecular formula is C20H46ClNO3Si. The fraction of sp³-hybridized carbons (Fsp3) is 1.00. The summed E-state index contributed by atoms with van der Waals surface area (Å²) in [6.07, 6.45) is 14.1. The van der Waals surface area contributed by atoms with E-state index in [9.17, 15) is 0 Å². The van der Waals surface area contributed by atoms with Crippen molar-refractivity contribution in [3.8, 4) is 0 Å². The minimum absolute atomic E-state index is 0. The first-order valence-corrected chi connectivity index (χ1v) is 12.5. The maximum absolute atomic E-state index is 6.84. The van der Waals surface area contributed by atoms with Gasteiger partial charge < -0.3 is 19.4 Å². The molecule has 4 nitrogen and oxygen atoms in total. The number of unbranched alkanes of at least 4 members (excludes halogenated alkanes) is 7. The molecule has 0 aliphatic heterocycles. The fourth-order valence-electron chi connectivity index (χ4n) is 3.34. The summed E-state index contributed by atoms with van der Waals surface area (Å²) in [6, 6.07) is 0.823. The molecule has 0 aliphatic carbocycles. The van der Waals surface area contributed by atoms with Crippen molar-refractivity contribution in [3.63, 3.8) is 0 Å². The third-order valence-electron chi connectivity index (χ3n) is 5.60. The molecule has 0 rings (SSSR count). The summed E-state index contributed by atoms with van der Waals surface area (Å²) in [5, 5.41) is 0. The summed E-state index contributed by atoms with van der Waals surface area (Å²) in [4.78, 5) is -0.156. The monoisotopic (exact) mass is 411 g/mol. The van der Waals surface area contributed by atoms with E-state index in [1.807, 2.05) is 0 Å². The molecule has 0 aromatic carbocycles. The van der Waals surface area contributed by atoms with Gasteiger partial charge in [-0.25, -0.2) is 0 Å². The van der Waals surface area contributed by atoms with Crippen molar-refractivity contribution in [3.05, 3.63) is 0 Å². The molecule has 26 heavy (non-hydrogen) atoms. The standard InChI is InChI=1S/C20H43ClO3Si.H3N/c1-7-8-9-10-11-12-13-14-16-19(2)20(3,21)17-15-18-25(22-4,23-5)24-6;/h19H,7-18H2,1-6H3;1H3. The molecule has 3 N–H and O–H groups in total. The van der Waals surface area contributed by atoms with E-state index >= 15 is 0 Å². The van der Waals surface area contributed by atoms with Crippen molar-refractivity contribution in [2.45, 2.75) is 102 Å². The zero-order chi connectivity index (χ0) is 19.2. The first-order chi connectivity index (χ1) is 11.9. The van der Waals surface area contributed by atoms with Gasteiger partial charge in [0.05, 0.1) is 0 Å². The molecule has 6 heteroatoms. The van der Waals surface area contributed by atoms with Gasteiger partial charge in [-0.3, -0.25) is 0 Å². The van der Waals surface area contributed by atoms with E-state index in [1.54, 1.807) is 21.3 Å². The first-order valence-electron chi connectivity index (χ1n) is 10.2. The molecule has 0 aromatic rings. The van der Waals surface area contributed by atoms with Crippen LogP contribution in [0.5, 0.6) is 0 Å². The molecule has 0 saturated carbocycles. The maximum atomic E-state index is 6.84. The predicted molar refractivity (Wildman–Crippen MR) is 116 cm³/mol. The Morgan fingerprint density at radius 1 is 0.846 bits per heavy atom. The molecule has 0 spiro atoms. The van der Waals surface area contributed by atoms with Gasteiger partial charge in [0.15, 0.2) is 0 Å². The summed E-state index contributed by atoms with van der Waals surface area (Å²) >= 11 is 6.84. The van der Waals surface area contributed by atoms with Crippen LogP contribution >= 0.6 is 11.6 Å². The highest BCUT2D eigenvalue weighted by atomic mass is 35.5. The smallest absolute Gasteiger partial charge is 0.377 e. The molecule has 0 amide bonds. The van der Waals surface area contributed by atoms with E-state index in [2.05, 4.69) is 20.8 Å². The summed E-state index contributed by atoms with van der Waals surface area (Å²) in [7, 11) is 2.55. The second-order valence-electron chi connectivity index (χ2n) is 7.59. The second-order valence-corrected chi connectivity index (χ2v) is 11.5. The molecule has 0 fully saturated rings. The molecule has 0 bridgehead atoms. The zero-order valence-electron chi connectivity index (χ0n) is 18.4. The largest absolute Gasteiger partial charge is 0.500 e. The SMILES string of the molecule is CCCCCCCCCCC(C)C(C)(Cl)CCC[Si](OC)(OC)OC.N. The lowest BCUT2D eigenvalue weighted by Gasteiger charge is -2.31. The number of rotatable bonds is 17. The van der Waals surface area contributed by atoms with E-state index < -0.39 is 8.80 Å². The van der Waals surface area contributed by atoms with Crippen LogP contribution < -0.4 is 6.15 Å². The second kappa shape index (κ2) is 16.3. The van der Waals surface area contributed by atoms with Gasteiger partial charge in [0.2, 0.25) is 0 Å². The molecule has 2 unspecified atom stereocenters. The van der Waals surface area contributed by atoms with Gasteiger partial charge in [-0.1, -0.05) is 65.2 Å². The minimum atomic E-state index is -2.46. The van der Waals surface area contributed by atoms with Gasteiger partial charge in [-0.15, -0.1) is 11.6 Å². The number of halogens is 1. The Morgan fingerprint density at radius 3 is 1.77 bits per heavy atom. The molecule has 2 atom stereocenters. The Hall–Kier alpha value is 0.347. The zero-order valence-corrected chi connectivity index (χ0v) is 20.1. The molecule has 0 saturated heterocycles. The van der Waals surface area contributed by atoms with Crippen LogP contribution in [0.25, 0.3) is 0 Å². The Balaban J connectivity index is 0. The summed E-state index contributed by atoms with van der Waals surface area (Å²) in [5.41, 5.74) is 0. The maximum Gasteiger partial charge on any atom is 0.500 e.